The Hall–Kier alpha value is -4.12. The van der Waals surface area contributed by atoms with E-state index in [2.05, 4.69) is 0 Å². The number of fused-ring (bicyclic) bond motifs is 2. The predicted molar refractivity (Wildman–Crippen MR) is 160 cm³/mol. The smallest absolute Gasteiger partial charge is 0.417 e. The third-order valence-corrected chi connectivity index (χ3v) is 8.21. The average Bonchev–Trinajstić information content (AvgIpc) is 3.39. The normalized spacial score (nSPS) is 15.3. The van der Waals surface area contributed by atoms with Crippen LogP contribution in [0, 0.1) is 19.7 Å². The molecule has 0 bridgehead atoms. The van der Waals surface area contributed by atoms with Crippen LogP contribution in [0.4, 0.5) is 23.2 Å². The Kier molecular flexibility index (Phi) is 8.37. The SMILES string of the molecule is COc1ccc(C(=O)N2CCc3c2cc(C)c([C@H](OC(C)(C)C)C(=O)O)c3-c2cc(F)c3c(c2C)CCCO3)c(C(F)(F)F)c1. The van der Waals surface area contributed by atoms with Gasteiger partial charge in [0.05, 0.1) is 30.4 Å². The van der Waals surface area contributed by atoms with E-state index in [1.54, 1.807) is 33.8 Å². The van der Waals surface area contributed by atoms with Crippen LogP contribution >= 0.6 is 0 Å². The lowest BCUT2D eigenvalue weighted by atomic mass is 9.83. The van der Waals surface area contributed by atoms with Crippen molar-refractivity contribution in [3.63, 3.8) is 0 Å². The number of rotatable bonds is 6. The van der Waals surface area contributed by atoms with E-state index in [-0.39, 0.29) is 24.5 Å². The Morgan fingerprint density at radius 1 is 1.04 bits per heavy atom. The van der Waals surface area contributed by atoms with Gasteiger partial charge in [-0.2, -0.15) is 13.2 Å². The number of carbonyl (C=O) groups excluding carboxylic acids is 1. The molecule has 1 atom stereocenters. The summed E-state index contributed by atoms with van der Waals surface area (Å²) in [6.45, 7) is 9.03. The zero-order chi connectivity index (χ0) is 33.0. The van der Waals surface area contributed by atoms with Crippen LogP contribution in [0.15, 0.2) is 30.3 Å². The standard InChI is InChI=1S/C34H35F4NO6/c1-17-14-26-22(11-12-39(26)31(40)21-10-9-19(43-6)15-24(21)34(36,37)38)28(27(17)30(32(41)42)45-33(3,4)5)23-16-25(35)29-20(18(23)2)8-7-13-44-29/h9-10,14-16,30H,7-8,11-13H2,1-6H3,(H,41,42)/t30-/m0/s1. The van der Waals surface area contributed by atoms with Gasteiger partial charge in [-0.15, -0.1) is 0 Å². The van der Waals surface area contributed by atoms with Gasteiger partial charge < -0.3 is 24.2 Å². The van der Waals surface area contributed by atoms with Crippen LogP contribution in [0.25, 0.3) is 11.1 Å². The molecule has 45 heavy (non-hydrogen) atoms. The molecule has 2 aliphatic heterocycles. The van der Waals surface area contributed by atoms with E-state index in [0.29, 0.717) is 64.1 Å². The molecule has 0 saturated heterocycles. The van der Waals surface area contributed by atoms with Gasteiger partial charge >= 0.3 is 12.1 Å². The van der Waals surface area contributed by atoms with Crippen LogP contribution < -0.4 is 14.4 Å². The van der Waals surface area contributed by atoms with E-state index in [1.165, 1.54) is 24.1 Å². The number of carboxylic acids is 1. The summed E-state index contributed by atoms with van der Waals surface area (Å²) in [6.07, 6.45) is -4.86. The summed E-state index contributed by atoms with van der Waals surface area (Å²) >= 11 is 0. The van der Waals surface area contributed by atoms with Crippen LogP contribution in [0.2, 0.25) is 0 Å². The molecule has 0 radical (unpaired) electrons. The molecular weight excluding hydrogens is 594 g/mol. The molecule has 7 nitrogen and oxygen atoms in total. The Morgan fingerprint density at radius 3 is 2.38 bits per heavy atom. The Bertz CT molecular complexity index is 1690. The maximum atomic E-state index is 15.6. The van der Waals surface area contributed by atoms with Crippen LogP contribution in [0.1, 0.15) is 77.0 Å². The number of aliphatic carboxylic acids is 1. The van der Waals surface area contributed by atoms with Gasteiger partial charge in [-0.05, 0) is 112 Å². The molecule has 0 fully saturated rings. The number of carbonyl (C=O) groups is 2. The fraction of sp³-hybridized carbons (Fsp3) is 0.412. The number of alkyl halides is 3. The minimum atomic E-state index is -4.83. The summed E-state index contributed by atoms with van der Waals surface area (Å²) in [4.78, 5) is 27.9. The first-order chi connectivity index (χ1) is 21.0. The number of hydrogen-bond acceptors (Lipinski definition) is 5. The lowest BCUT2D eigenvalue weighted by molar-refractivity contribution is -0.160. The lowest BCUT2D eigenvalue weighted by Gasteiger charge is -2.30. The lowest BCUT2D eigenvalue weighted by Crippen LogP contribution is -2.31. The molecule has 1 amide bonds. The van der Waals surface area contributed by atoms with Crippen molar-refractivity contribution >= 4 is 17.6 Å². The third kappa shape index (κ3) is 5.97. The highest BCUT2D eigenvalue weighted by Gasteiger charge is 2.40. The van der Waals surface area contributed by atoms with Crippen molar-refractivity contribution in [3.05, 3.63) is 75.1 Å². The molecule has 0 aromatic heterocycles. The number of benzene rings is 3. The van der Waals surface area contributed by atoms with Crippen molar-refractivity contribution in [3.8, 4) is 22.6 Å². The first-order valence-electron chi connectivity index (χ1n) is 14.6. The van der Waals surface area contributed by atoms with Gasteiger partial charge in [-0.25, -0.2) is 9.18 Å². The highest BCUT2D eigenvalue weighted by Crippen LogP contribution is 2.48. The van der Waals surface area contributed by atoms with Crippen molar-refractivity contribution in [2.75, 3.05) is 25.2 Å². The summed E-state index contributed by atoms with van der Waals surface area (Å²) in [7, 11) is 1.24. The molecule has 0 spiro atoms. The maximum Gasteiger partial charge on any atom is 0.417 e. The van der Waals surface area contributed by atoms with Gasteiger partial charge in [0.25, 0.3) is 5.91 Å². The first-order valence-corrected chi connectivity index (χ1v) is 14.6. The van der Waals surface area contributed by atoms with E-state index >= 15 is 4.39 Å². The second-order valence-electron chi connectivity index (χ2n) is 12.3. The third-order valence-electron chi connectivity index (χ3n) is 8.21. The van der Waals surface area contributed by atoms with Gasteiger partial charge in [0.15, 0.2) is 17.7 Å². The fourth-order valence-corrected chi connectivity index (χ4v) is 6.27. The molecular formula is C34H35F4NO6. The summed E-state index contributed by atoms with van der Waals surface area (Å²) in [5.74, 6) is -2.62. The van der Waals surface area contributed by atoms with Gasteiger partial charge in [0.1, 0.15) is 5.75 Å². The minimum absolute atomic E-state index is 0.0286. The predicted octanol–water partition coefficient (Wildman–Crippen LogP) is 7.61. The molecule has 3 aromatic rings. The largest absolute Gasteiger partial charge is 0.497 e. The molecule has 1 N–H and O–H groups in total. The van der Waals surface area contributed by atoms with Crippen LogP contribution in [0.5, 0.6) is 11.5 Å². The summed E-state index contributed by atoms with van der Waals surface area (Å²) < 4.78 is 74.5. The zero-order valence-electron chi connectivity index (χ0n) is 25.9. The topological polar surface area (TPSA) is 85.3 Å². The molecule has 2 aliphatic rings. The second kappa shape index (κ2) is 11.7. The summed E-state index contributed by atoms with van der Waals surface area (Å²) in [5, 5.41) is 10.4. The zero-order valence-corrected chi connectivity index (χ0v) is 25.9. The van der Waals surface area contributed by atoms with Gasteiger partial charge in [0, 0.05) is 23.4 Å². The van der Waals surface area contributed by atoms with Crippen molar-refractivity contribution < 1.29 is 46.5 Å². The number of amides is 1. The fourth-order valence-electron chi connectivity index (χ4n) is 6.27. The Balaban J connectivity index is 1.77. The second-order valence-corrected chi connectivity index (χ2v) is 12.3. The number of hydrogen-bond donors (Lipinski definition) is 1. The molecule has 0 unspecified atom stereocenters. The number of nitrogens with zero attached hydrogens (tertiary/aromatic N) is 1. The monoisotopic (exact) mass is 629 g/mol. The van der Waals surface area contributed by atoms with Crippen molar-refractivity contribution in [2.45, 2.75) is 71.8 Å². The number of aryl methyl sites for hydroxylation is 1. The number of halogens is 4. The number of methoxy groups -OCH3 is 1. The minimum Gasteiger partial charge on any atom is -0.497 e. The van der Waals surface area contributed by atoms with Crippen molar-refractivity contribution in [1.29, 1.82) is 0 Å². The number of carboxylic acid groups (broad SMARTS) is 1. The molecule has 240 valence electrons. The van der Waals surface area contributed by atoms with E-state index in [4.69, 9.17) is 14.2 Å². The average molecular weight is 630 g/mol. The van der Waals surface area contributed by atoms with E-state index in [9.17, 15) is 27.9 Å². The molecule has 0 saturated carbocycles. The maximum absolute atomic E-state index is 15.6. The Labute approximate surface area is 258 Å². The van der Waals surface area contributed by atoms with E-state index in [0.717, 1.165) is 12.1 Å². The van der Waals surface area contributed by atoms with Gasteiger partial charge in [-0.3, -0.25) is 4.79 Å². The molecule has 3 aromatic carbocycles. The van der Waals surface area contributed by atoms with Gasteiger partial charge in [-0.1, -0.05) is 0 Å². The molecule has 11 heteroatoms. The summed E-state index contributed by atoms with van der Waals surface area (Å²) in [5.41, 5.74) is 1.20. The van der Waals surface area contributed by atoms with E-state index < -0.39 is 46.7 Å². The van der Waals surface area contributed by atoms with Crippen LogP contribution in [-0.2, 0) is 28.5 Å². The number of ether oxygens (including phenoxy) is 3. The molecule has 2 heterocycles. The molecule has 0 aliphatic carbocycles. The van der Waals surface area contributed by atoms with Crippen molar-refractivity contribution in [2.24, 2.45) is 0 Å². The van der Waals surface area contributed by atoms with Crippen LogP contribution in [0.3, 0.4) is 0 Å². The Morgan fingerprint density at radius 2 is 1.76 bits per heavy atom. The number of anilines is 1. The van der Waals surface area contributed by atoms with Crippen molar-refractivity contribution in [1.82, 2.24) is 0 Å². The van der Waals surface area contributed by atoms with Crippen LogP contribution in [-0.4, -0.2) is 42.8 Å². The highest BCUT2D eigenvalue weighted by molar-refractivity contribution is 6.09. The van der Waals surface area contributed by atoms with E-state index in [1.807, 2.05) is 6.92 Å². The quantitative estimate of drug-likeness (QED) is 0.283. The summed E-state index contributed by atoms with van der Waals surface area (Å²) in [6, 6.07) is 6.08. The highest BCUT2D eigenvalue weighted by atomic mass is 19.4. The van der Waals surface area contributed by atoms with Gasteiger partial charge in [0.2, 0.25) is 0 Å². The molecule has 5 rings (SSSR count). The first kappa shape index (κ1) is 32.3.